The first kappa shape index (κ1) is 7.02. The van der Waals surface area contributed by atoms with Crippen molar-refractivity contribution in [1.29, 1.82) is 0 Å². The topological polar surface area (TPSA) is 46.5 Å². The van der Waals surface area contributed by atoms with Crippen molar-refractivity contribution in [2.45, 2.75) is 12.7 Å². The third-order valence-electron chi connectivity index (χ3n) is 1.26. The highest BCUT2D eigenvalue weighted by molar-refractivity contribution is 5.85. The van der Waals surface area contributed by atoms with Crippen LogP contribution in [0, 0.1) is 0 Å². The van der Waals surface area contributed by atoms with E-state index in [0.29, 0.717) is 0 Å². The standard InChI is InChI=1S/C7H8O3/c1-6(8)7(9)4-2-3-5-10-7/h2-5,9H,1H3. The number of carbonyl (C=O) groups excluding carboxylic acids is 1. The Labute approximate surface area is 58.6 Å². The highest BCUT2D eigenvalue weighted by Gasteiger charge is 2.31. The summed E-state index contributed by atoms with van der Waals surface area (Å²) < 4.78 is 4.67. The minimum atomic E-state index is -1.73. The van der Waals surface area contributed by atoms with Gasteiger partial charge >= 0.3 is 0 Å². The molecular formula is C7H8O3. The van der Waals surface area contributed by atoms with Crippen LogP contribution < -0.4 is 0 Å². The van der Waals surface area contributed by atoms with Crippen LogP contribution in [0.25, 0.3) is 0 Å². The van der Waals surface area contributed by atoms with Gasteiger partial charge in [0.2, 0.25) is 5.78 Å². The number of hydrogen-bond acceptors (Lipinski definition) is 3. The molecule has 1 rings (SSSR count). The number of ether oxygens (including phenoxy) is 1. The van der Waals surface area contributed by atoms with Crippen molar-refractivity contribution in [3.63, 3.8) is 0 Å². The lowest BCUT2D eigenvalue weighted by atomic mass is 10.1. The molecule has 1 unspecified atom stereocenters. The first-order chi connectivity index (χ1) is 4.65. The Morgan fingerprint density at radius 2 is 2.30 bits per heavy atom. The normalized spacial score (nSPS) is 29.8. The maximum atomic E-state index is 10.7. The fraction of sp³-hybridized carbons (Fsp3) is 0.286. The number of rotatable bonds is 1. The molecule has 3 heteroatoms. The second kappa shape index (κ2) is 2.27. The van der Waals surface area contributed by atoms with Crippen LogP contribution in [0.5, 0.6) is 0 Å². The molecule has 1 N–H and O–H groups in total. The zero-order valence-corrected chi connectivity index (χ0v) is 5.57. The predicted molar refractivity (Wildman–Crippen MR) is 35.0 cm³/mol. The molecule has 0 aliphatic carbocycles. The molecule has 3 nitrogen and oxygen atoms in total. The second-order valence-corrected chi connectivity index (χ2v) is 2.06. The molecule has 1 heterocycles. The Kier molecular flexibility index (Phi) is 1.59. The molecule has 0 aromatic heterocycles. The maximum Gasteiger partial charge on any atom is 0.287 e. The van der Waals surface area contributed by atoms with Crippen molar-refractivity contribution < 1.29 is 14.6 Å². The van der Waals surface area contributed by atoms with E-state index in [1.54, 1.807) is 12.2 Å². The molecule has 0 fully saturated rings. The maximum absolute atomic E-state index is 10.7. The van der Waals surface area contributed by atoms with Crippen molar-refractivity contribution in [1.82, 2.24) is 0 Å². The van der Waals surface area contributed by atoms with E-state index in [9.17, 15) is 9.90 Å². The molecule has 0 aromatic carbocycles. The van der Waals surface area contributed by atoms with Gasteiger partial charge in [0.05, 0.1) is 6.26 Å². The van der Waals surface area contributed by atoms with E-state index < -0.39 is 11.6 Å². The second-order valence-electron chi connectivity index (χ2n) is 2.06. The van der Waals surface area contributed by atoms with Gasteiger partial charge in [0.1, 0.15) is 0 Å². The molecule has 1 aliphatic heterocycles. The molecule has 0 amide bonds. The van der Waals surface area contributed by atoms with Crippen molar-refractivity contribution in [2.24, 2.45) is 0 Å². The van der Waals surface area contributed by atoms with E-state index in [0.717, 1.165) is 0 Å². The Bertz CT molecular complexity index is 205. The Morgan fingerprint density at radius 3 is 2.60 bits per heavy atom. The summed E-state index contributed by atoms with van der Waals surface area (Å²) in [6, 6.07) is 0. The predicted octanol–water partition coefficient (Wildman–Crippen LogP) is 0.364. The van der Waals surface area contributed by atoms with Gasteiger partial charge in [-0.25, -0.2) is 0 Å². The summed E-state index contributed by atoms with van der Waals surface area (Å²) in [6.45, 7) is 1.27. The number of carbonyl (C=O) groups is 1. The van der Waals surface area contributed by atoms with Gasteiger partial charge in [0, 0.05) is 6.92 Å². The average Bonchev–Trinajstić information content (AvgIpc) is 1.89. The van der Waals surface area contributed by atoms with Crippen LogP contribution in [0.4, 0.5) is 0 Å². The van der Waals surface area contributed by atoms with Gasteiger partial charge in [-0.05, 0) is 12.2 Å². The van der Waals surface area contributed by atoms with Gasteiger partial charge in [-0.3, -0.25) is 4.79 Å². The molecule has 1 aliphatic rings. The zero-order valence-electron chi connectivity index (χ0n) is 5.57. The lowest BCUT2D eigenvalue weighted by molar-refractivity contribution is -0.165. The number of ketones is 1. The van der Waals surface area contributed by atoms with E-state index in [1.807, 2.05) is 0 Å². The first-order valence-corrected chi connectivity index (χ1v) is 2.91. The SMILES string of the molecule is CC(=O)C1(O)C=CC=CO1. The van der Waals surface area contributed by atoms with Gasteiger partial charge in [-0.15, -0.1) is 0 Å². The zero-order chi connectivity index (χ0) is 7.61. The minimum Gasteiger partial charge on any atom is -0.459 e. The van der Waals surface area contributed by atoms with Crippen LogP contribution >= 0.6 is 0 Å². The van der Waals surface area contributed by atoms with Crippen molar-refractivity contribution in [2.75, 3.05) is 0 Å². The number of aliphatic hydroxyl groups is 1. The van der Waals surface area contributed by atoms with Crippen LogP contribution in [0.15, 0.2) is 24.5 Å². The summed E-state index contributed by atoms with van der Waals surface area (Å²) in [6.07, 6.45) is 5.74. The van der Waals surface area contributed by atoms with E-state index in [4.69, 9.17) is 0 Å². The van der Waals surface area contributed by atoms with Gasteiger partial charge in [-0.2, -0.15) is 0 Å². The number of allylic oxidation sites excluding steroid dienone is 2. The molecule has 10 heavy (non-hydrogen) atoms. The molecule has 1 atom stereocenters. The Balaban J connectivity index is 2.80. The lowest BCUT2D eigenvalue weighted by Crippen LogP contribution is -2.36. The van der Waals surface area contributed by atoms with Crippen LogP contribution in [-0.4, -0.2) is 16.7 Å². The van der Waals surface area contributed by atoms with Crippen LogP contribution in [0.1, 0.15) is 6.92 Å². The molecule has 54 valence electrons. The summed E-state index contributed by atoms with van der Waals surface area (Å²) in [4.78, 5) is 10.7. The molecule has 0 aromatic rings. The molecule has 0 saturated heterocycles. The van der Waals surface area contributed by atoms with Gasteiger partial charge < -0.3 is 9.84 Å². The molecule has 0 radical (unpaired) electrons. The van der Waals surface area contributed by atoms with Crippen LogP contribution in [0.3, 0.4) is 0 Å². The average molecular weight is 140 g/mol. The third-order valence-corrected chi connectivity index (χ3v) is 1.26. The van der Waals surface area contributed by atoms with Crippen molar-refractivity contribution in [3.8, 4) is 0 Å². The van der Waals surface area contributed by atoms with Gasteiger partial charge in [0.25, 0.3) is 5.79 Å². The van der Waals surface area contributed by atoms with E-state index in [1.165, 1.54) is 19.3 Å². The number of hydrogen-bond donors (Lipinski definition) is 1. The Morgan fingerprint density at radius 1 is 1.60 bits per heavy atom. The van der Waals surface area contributed by atoms with Crippen molar-refractivity contribution in [3.05, 3.63) is 24.5 Å². The van der Waals surface area contributed by atoms with Crippen LogP contribution in [0.2, 0.25) is 0 Å². The number of Topliss-reactive ketones (excluding diaryl/α,β-unsaturated/α-hetero) is 1. The van der Waals surface area contributed by atoms with Crippen LogP contribution in [-0.2, 0) is 9.53 Å². The minimum absolute atomic E-state index is 0.423. The fourth-order valence-corrected chi connectivity index (χ4v) is 0.614. The summed E-state index contributed by atoms with van der Waals surface area (Å²) in [5.41, 5.74) is 0. The molecular weight excluding hydrogens is 132 g/mol. The summed E-state index contributed by atoms with van der Waals surface area (Å²) in [5, 5.41) is 9.24. The summed E-state index contributed by atoms with van der Waals surface area (Å²) >= 11 is 0. The van der Waals surface area contributed by atoms with Gasteiger partial charge in [0.15, 0.2) is 0 Å². The molecule has 0 bridgehead atoms. The first-order valence-electron chi connectivity index (χ1n) is 2.91. The highest BCUT2D eigenvalue weighted by Crippen LogP contribution is 2.14. The molecule has 0 saturated carbocycles. The largest absolute Gasteiger partial charge is 0.459 e. The smallest absolute Gasteiger partial charge is 0.287 e. The van der Waals surface area contributed by atoms with E-state index in [-0.39, 0.29) is 0 Å². The van der Waals surface area contributed by atoms with E-state index in [2.05, 4.69) is 4.74 Å². The fourth-order valence-electron chi connectivity index (χ4n) is 0.614. The summed E-state index contributed by atoms with van der Waals surface area (Å²) in [5.74, 6) is -2.15. The Hall–Kier alpha value is -1.09. The van der Waals surface area contributed by atoms with Gasteiger partial charge in [-0.1, -0.05) is 6.08 Å². The highest BCUT2D eigenvalue weighted by atomic mass is 16.6. The quantitative estimate of drug-likeness (QED) is 0.572. The monoisotopic (exact) mass is 140 g/mol. The summed E-state index contributed by atoms with van der Waals surface area (Å²) in [7, 11) is 0. The van der Waals surface area contributed by atoms with Crippen molar-refractivity contribution >= 4 is 5.78 Å². The lowest BCUT2D eigenvalue weighted by Gasteiger charge is -2.21. The van der Waals surface area contributed by atoms with E-state index >= 15 is 0 Å². The molecule has 0 spiro atoms. The third kappa shape index (κ3) is 1.09.